The second kappa shape index (κ2) is 3.67. The fraction of sp³-hybridized carbons (Fsp3) is 0.667. The molecule has 0 saturated heterocycles. The van der Waals surface area contributed by atoms with Gasteiger partial charge in [-0.1, -0.05) is 11.3 Å². The highest BCUT2D eigenvalue weighted by Gasteiger charge is 2.25. The number of rotatable bonds is 1. The van der Waals surface area contributed by atoms with Gasteiger partial charge in [0.2, 0.25) is 10.1 Å². The number of hydrogen-bond donors (Lipinski definition) is 2. The van der Waals surface area contributed by atoms with Crippen LogP contribution in [-0.4, -0.2) is 25.9 Å². The van der Waals surface area contributed by atoms with Crippen molar-refractivity contribution in [2.24, 2.45) is 5.73 Å². The van der Waals surface area contributed by atoms with Gasteiger partial charge in [-0.25, -0.2) is 0 Å². The molecule has 7 heteroatoms. The van der Waals surface area contributed by atoms with Crippen molar-refractivity contribution in [2.45, 2.75) is 37.6 Å². The zero-order chi connectivity index (χ0) is 11.1. The van der Waals surface area contributed by atoms with Gasteiger partial charge < -0.3 is 11.5 Å². The Morgan fingerprint density at radius 3 is 2.69 bits per heavy atom. The van der Waals surface area contributed by atoms with Gasteiger partial charge in [0.05, 0.1) is 0 Å². The zero-order valence-corrected chi connectivity index (χ0v) is 9.65. The monoisotopic (exact) mass is 238 g/mol. The minimum Gasteiger partial charge on any atom is -0.374 e. The summed E-state index contributed by atoms with van der Waals surface area (Å²) in [6, 6.07) is 0.347. The maximum atomic E-state index is 5.89. The molecule has 2 aromatic heterocycles. The number of fused-ring (bicyclic) bond motifs is 1. The summed E-state index contributed by atoms with van der Waals surface area (Å²) in [7, 11) is 0. The molecule has 86 valence electrons. The topological polar surface area (TPSA) is 95.1 Å². The standard InChI is InChI=1S/C9H14N6S/c10-6-3-1-5(2-4-6)7-12-13-9-15(7)14-8(11)16-9/h5-6H,1-4,10H2,(H2,11,14). The predicted octanol–water partition coefficient (Wildman–Crippen LogP) is 0.753. The first-order valence-electron chi connectivity index (χ1n) is 5.47. The lowest BCUT2D eigenvalue weighted by atomic mass is 9.86. The van der Waals surface area contributed by atoms with Crippen molar-refractivity contribution in [1.29, 1.82) is 0 Å². The molecule has 0 unspecified atom stereocenters. The molecule has 0 spiro atoms. The Morgan fingerprint density at radius 2 is 1.94 bits per heavy atom. The first-order valence-corrected chi connectivity index (χ1v) is 6.29. The molecule has 4 N–H and O–H groups in total. The van der Waals surface area contributed by atoms with Crippen LogP contribution in [0.15, 0.2) is 0 Å². The summed E-state index contributed by atoms with van der Waals surface area (Å²) in [5.74, 6) is 1.37. The lowest BCUT2D eigenvalue weighted by Gasteiger charge is -2.24. The summed E-state index contributed by atoms with van der Waals surface area (Å²) in [5.41, 5.74) is 11.5. The summed E-state index contributed by atoms with van der Waals surface area (Å²) in [6.45, 7) is 0. The number of nitrogens with zero attached hydrogens (tertiary/aromatic N) is 4. The maximum absolute atomic E-state index is 5.89. The quantitative estimate of drug-likeness (QED) is 0.764. The van der Waals surface area contributed by atoms with Gasteiger partial charge in [0.15, 0.2) is 5.82 Å². The fourth-order valence-electron chi connectivity index (χ4n) is 2.28. The molecule has 0 atom stereocenters. The van der Waals surface area contributed by atoms with Crippen LogP contribution in [0, 0.1) is 0 Å². The molecule has 1 aliphatic carbocycles. The largest absolute Gasteiger partial charge is 0.374 e. The first kappa shape index (κ1) is 9.98. The summed E-state index contributed by atoms with van der Waals surface area (Å²) >= 11 is 1.37. The molecular weight excluding hydrogens is 224 g/mol. The molecule has 2 aromatic rings. The van der Waals surface area contributed by atoms with Crippen molar-refractivity contribution in [3.05, 3.63) is 5.82 Å². The Hall–Kier alpha value is -1.21. The summed E-state index contributed by atoms with van der Waals surface area (Å²) < 4.78 is 1.78. The second-order valence-electron chi connectivity index (χ2n) is 4.30. The van der Waals surface area contributed by atoms with E-state index < -0.39 is 0 Å². The van der Waals surface area contributed by atoms with E-state index in [0.29, 0.717) is 17.1 Å². The number of anilines is 1. The molecule has 0 bridgehead atoms. The number of aromatic nitrogens is 4. The number of hydrogen-bond acceptors (Lipinski definition) is 6. The Morgan fingerprint density at radius 1 is 1.19 bits per heavy atom. The van der Waals surface area contributed by atoms with E-state index >= 15 is 0 Å². The fourth-order valence-corrected chi connectivity index (χ4v) is 2.89. The number of nitrogen functional groups attached to an aromatic ring is 1. The van der Waals surface area contributed by atoms with Crippen molar-refractivity contribution in [3.8, 4) is 0 Å². The normalized spacial score (nSPS) is 26.3. The van der Waals surface area contributed by atoms with Crippen molar-refractivity contribution in [2.75, 3.05) is 5.73 Å². The minimum absolute atomic E-state index is 0.347. The summed E-state index contributed by atoms with van der Waals surface area (Å²) in [5, 5.41) is 13.1. The molecule has 0 aliphatic heterocycles. The minimum atomic E-state index is 0.347. The van der Waals surface area contributed by atoms with Gasteiger partial charge in [-0.3, -0.25) is 0 Å². The van der Waals surface area contributed by atoms with Gasteiger partial charge in [0, 0.05) is 12.0 Å². The lowest BCUT2D eigenvalue weighted by molar-refractivity contribution is 0.381. The third-order valence-electron chi connectivity index (χ3n) is 3.17. The van der Waals surface area contributed by atoms with E-state index in [1.165, 1.54) is 11.3 Å². The third kappa shape index (κ3) is 1.56. The Kier molecular flexibility index (Phi) is 2.29. The van der Waals surface area contributed by atoms with Crippen LogP contribution in [-0.2, 0) is 0 Å². The van der Waals surface area contributed by atoms with E-state index in [0.717, 1.165) is 36.5 Å². The van der Waals surface area contributed by atoms with E-state index in [9.17, 15) is 0 Å². The summed E-state index contributed by atoms with van der Waals surface area (Å²) in [6.07, 6.45) is 4.25. The van der Waals surface area contributed by atoms with Crippen LogP contribution in [0.1, 0.15) is 37.4 Å². The van der Waals surface area contributed by atoms with Gasteiger partial charge >= 0.3 is 0 Å². The highest BCUT2D eigenvalue weighted by Crippen LogP contribution is 2.32. The molecule has 1 aliphatic rings. The molecule has 16 heavy (non-hydrogen) atoms. The molecule has 2 heterocycles. The van der Waals surface area contributed by atoms with E-state index in [2.05, 4.69) is 15.3 Å². The van der Waals surface area contributed by atoms with Gasteiger partial charge in [-0.05, 0) is 25.7 Å². The molecule has 6 nitrogen and oxygen atoms in total. The average molecular weight is 238 g/mol. The van der Waals surface area contributed by atoms with Crippen molar-refractivity contribution >= 4 is 21.4 Å². The van der Waals surface area contributed by atoms with Gasteiger partial charge in [0.1, 0.15) is 0 Å². The van der Waals surface area contributed by atoms with E-state index in [-0.39, 0.29) is 0 Å². The molecule has 1 fully saturated rings. The second-order valence-corrected chi connectivity index (χ2v) is 5.29. The SMILES string of the molecule is Nc1nn2c(C3CCC(N)CC3)nnc2s1. The molecule has 3 rings (SSSR count). The van der Waals surface area contributed by atoms with Crippen molar-refractivity contribution in [1.82, 2.24) is 19.8 Å². The van der Waals surface area contributed by atoms with Crippen LogP contribution >= 0.6 is 11.3 Å². The highest BCUT2D eigenvalue weighted by atomic mass is 32.1. The molecule has 0 radical (unpaired) electrons. The molecular formula is C9H14N6S. The van der Waals surface area contributed by atoms with Crippen LogP contribution in [0.3, 0.4) is 0 Å². The van der Waals surface area contributed by atoms with Crippen LogP contribution in [0.2, 0.25) is 0 Å². The van der Waals surface area contributed by atoms with Crippen LogP contribution < -0.4 is 11.5 Å². The van der Waals surface area contributed by atoms with E-state index in [4.69, 9.17) is 11.5 Å². The lowest BCUT2D eigenvalue weighted by Crippen LogP contribution is -2.26. The average Bonchev–Trinajstić information content (AvgIpc) is 2.78. The van der Waals surface area contributed by atoms with Crippen LogP contribution in [0.4, 0.5) is 5.13 Å². The van der Waals surface area contributed by atoms with Gasteiger partial charge in [-0.2, -0.15) is 4.52 Å². The van der Waals surface area contributed by atoms with Crippen molar-refractivity contribution in [3.63, 3.8) is 0 Å². The highest BCUT2D eigenvalue weighted by molar-refractivity contribution is 7.20. The smallest absolute Gasteiger partial charge is 0.236 e. The maximum Gasteiger partial charge on any atom is 0.236 e. The molecule has 0 aromatic carbocycles. The Bertz CT molecular complexity index is 495. The summed E-state index contributed by atoms with van der Waals surface area (Å²) in [4.78, 5) is 0.780. The van der Waals surface area contributed by atoms with Gasteiger partial charge in [-0.15, -0.1) is 15.3 Å². The van der Waals surface area contributed by atoms with Crippen molar-refractivity contribution < 1.29 is 0 Å². The van der Waals surface area contributed by atoms with E-state index in [1.54, 1.807) is 4.52 Å². The van der Waals surface area contributed by atoms with Crippen LogP contribution in [0.5, 0.6) is 0 Å². The first-order chi connectivity index (χ1) is 7.74. The number of nitrogens with two attached hydrogens (primary N) is 2. The Labute approximate surface area is 96.6 Å². The molecule has 1 saturated carbocycles. The Balaban J connectivity index is 1.93. The van der Waals surface area contributed by atoms with Crippen LogP contribution in [0.25, 0.3) is 4.96 Å². The zero-order valence-electron chi connectivity index (χ0n) is 8.83. The molecule has 0 amide bonds. The third-order valence-corrected chi connectivity index (χ3v) is 3.90. The van der Waals surface area contributed by atoms with Gasteiger partial charge in [0.25, 0.3) is 0 Å². The van der Waals surface area contributed by atoms with E-state index in [1.807, 2.05) is 0 Å². The predicted molar refractivity (Wildman–Crippen MR) is 62.3 cm³/mol.